The molecule has 0 atom stereocenters. The normalized spacial score (nSPS) is 8.86. The van der Waals surface area contributed by atoms with Gasteiger partial charge in [0, 0.05) is 0 Å². The molecular formula is C5H10AlNa. The van der Waals surface area contributed by atoms with Gasteiger partial charge in [0.05, 0.1) is 0 Å². The average Bonchev–Trinajstić information content (AvgIpc) is 1.35. The molecule has 0 bridgehead atoms. The molecule has 0 fully saturated rings. The second-order valence-electron chi connectivity index (χ2n) is 2.76. The van der Waals surface area contributed by atoms with Crippen LogP contribution in [-0.4, -0.2) is 13.1 Å². The van der Waals surface area contributed by atoms with E-state index >= 15 is 0 Å². The molecule has 0 N–H and O–H groups in total. The molecule has 2 heteroatoms. The third kappa shape index (κ3) is 11.0. The molecule has 0 heterocycles. The molecule has 0 radical (unpaired) electrons. The van der Waals surface area contributed by atoms with Gasteiger partial charge in [0.25, 0.3) is 0 Å². The van der Waals surface area contributed by atoms with Gasteiger partial charge in [0.1, 0.15) is 0 Å². The van der Waals surface area contributed by atoms with Crippen molar-refractivity contribution in [1.82, 2.24) is 0 Å². The van der Waals surface area contributed by atoms with Crippen LogP contribution >= 0.6 is 0 Å². The Morgan fingerprint density at radius 2 is 1.43 bits per heavy atom. The summed E-state index contributed by atoms with van der Waals surface area (Å²) < 4.78 is 0. The molecule has 0 aromatic heterocycles. The Morgan fingerprint density at radius 1 is 1.29 bits per heavy atom. The minimum atomic E-state index is -1.34. The van der Waals surface area contributed by atoms with Crippen LogP contribution in [0.25, 0.3) is 0 Å². The largest absolute Gasteiger partial charge is 1.00 e. The van der Waals surface area contributed by atoms with E-state index in [-0.39, 0.29) is 29.6 Å². The van der Waals surface area contributed by atoms with E-state index in [1.165, 1.54) is 0 Å². The molecule has 7 heavy (non-hydrogen) atoms. The zero-order valence-corrected chi connectivity index (χ0v) is 8.81. The molecule has 0 nitrogen and oxygen atoms in total. The quantitative estimate of drug-likeness (QED) is 0.269. The van der Waals surface area contributed by atoms with E-state index in [2.05, 4.69) is 22.1 Å². The smallest absolute Gasteiger partial charge is 0.357 e. The fraction of sp³-hybridized carbons (Fsp3) is 0.600. The van der Waals surface area contributed by atoms with Crippen molar-refractivity contribution in [2.24, 2.45) is 0 Å². The van der Waals surface area contributed by atoms with E-state index in [0.29, 0.717) is 0 Å². The van der Waals surface area contributed by atoms with Crippen LogP contribution in [0.15, 0.2) is 0 Å². The molecule has 0 rings (SSSR count). The van der Waals surface area contributed by atoms with Gasteiger partial charge in [0.15, 0.2) is 0 Å². The predicted octanol–water partition coefficient (Wildman–Crippen LogP) is -1.50. The summed E-state index contributed by atoms with van der Waals surface area (Å²) in [5.74, 6) is 6.52. The fourth-order valence-electron chi connectivity index (χ4n) is 0. The van der Waals surface area contributed by atoms with E-state index in [1.54, 1.807) is 0 Å². The van der Waals surface area contributed by atoms with Crippen LogP contribution in [0.2, 0.25) is 17.4 Å². The van der Waals surface area contributed by atoms with E-state index in [4.69, 9.17) is 6.42 Å². The Labute approximate surface area is 70.7 Å². The standard InChI is InChI=1S/C2H.3CH3.Al.Na/c1-2;;;;;/h1H;3*1H3;;/q;;;;-1;+1. The van der Waals surface area contributed by atoms with Gasteiger partial charge in [0.2, 0.25) is 13.1 Å². The zero-order valence-electron chi connectivity index (χ0n) is 5.65. The van der Waals surface area contributed by atoms with E-state index in [1.807, 2.05) is 0 Å². The molecule has 0 spiro atoms. The summed E-state index contributed by atoms with van der Waals surface area (Å²) >= 11 is -1.34. The van der Waals surface area contributed by atoms with Crippen molar-refractivity contribution >= 4 is 13.1 Å². The maximum absolute atomic E-state index is 5.13. The monoisotopic (exact) mass is 120 g/mol. The molecule has 0 aliphatic rings. The summed E-state index contributed by atoms with van der Waals surface area (Å²) in [6.45, 7) is 0. The van der Waals surface area contributed by atoms with Crippen molar-refractivity contribution in [3.05, 3.63) is 0 Å². The van der Waals surface area contributed by atoms with E-state index in [0.717, 1.165) is 0 Å². The predicted molar refractivity (Wildman–Crippen MR) is 32.2 cm³/mol. The van der Waals surface area contributed by atoms with Crippen LogP contribution in [-0.2, 0) is 0 Å². The summed E-state index contributed by atoms with van der Waals surface area (Å²) in [5, 5.41) is 0. The van der Waals surface area contributed by atoms with Gasteiger partial charge in [-0.1, -0.05) is 0 Å². The van der Waals surface area contributed by atoms with Crippen LogP contribution in [0.3, 0.4) is 0 Å². The Kier molecular flexibility index (Phi) is 6.30. The molecule has 34 valence electrons. The van der Waals surface area contributed by atoms with Crippen LogP contribution in [0, 0.1) is 11.2 Å². The molecule has 0 saturated heterocycles. The van der Waals surface area contributed by atoms with Crippen molar-refractivity contribution < 1.29 is 29.6 Å². The van der Waals surface area contributed by atoms with Gasteiger partial charge < -0.3 is 4.78 Å². The average molecular weight is 120 g/mol. The first-order valence-corrected chi connectivity index (χ1v) is 6.35. The molecule has 0 aliphatic carbocycles. The first kappa shape index (κ1) is 11.0. The number of rotatable bonds is 0. The van der Waals surface area contributed by atoms with Crippen molar-refractivity contribution in [3.63, 3.8) is 0 Å². The summed E-state index contributed by atoms with van der Waals surface area (Å²) in [6, 6.07) is 0. The van der Waals surface area contributed by atoms with E-state index in [9.17, 15) is 0 Å². The number of terminal acetylenes is 1. The van der Waals surface area contributed by atoms with Gasteiger partial charge in [-0.3, -0.25) is 0 Å². The minimum Gasteiger partial charge on any atom is -0.357 e. The van der Waals surface area contributed by atoms with Gasteiger partial charge in [-0.2, -0.15) is 23.8 Å². The summed E-state index contributed by atoms with van der Waals surface area (Å²) in [5.41, 5.74) is 0. The second kappa shape index (κ2) is 4.02. The first-order valence-electron chi connectivity index (χ1n) is 2.31. The topological polar surface area (TPSA) is 0 Å². The van der Waals surface area contributed by atoms with Crippen LogP contribution in [0.5, 0.6) is 0 Å². The minimum absolute atomic E-state index is 0. The van der Waals surface area contributed by atoms with Gasteiger partial charge >= 0.3 is 29.6 Å². The third-order valence-corrected chi connectivity index (χ3v) is 1.50. The van der Waals surface area contributed by atoms with Crippen LogP contribution in [0.1, 0.15) is 0 Å². The molecule has 0 aromatic carbocycles. The van der Waals surface area contributed by atoms with Crippen LogP contribution < -0.4 is 29.6 Å². The SMILES string of the molecule is C#[C][Al-]([CH3])([CH3])[CH3].[Na+]. The molecule has 0 saturated carbocycles. The summed E-state index contributed by atoms with van der Waals surface area (Å²) in [6.07, 6.45) is 5.13. The van der Waals surface area contributed by atoms with Crippen molar-refractivity contribution in [2.75, 3.05) is 0 Å². The van der Waals surface area contributed by atoms with Gasteiger partial charge in [-0.05, 0) is 0 Å². The van der Waals surface area contributed by atoms with Crippen molar-refractivity contribution in [1.29, 1.82) is 0 Å². The Bertz CT molecular complexity index is 75.1. The molecule has 0 aromatic rings. The number of hydrogen-bond acceptors (Lipinski definition) is 0. The van der Waals surface area contributed by atoms with Crippen molar-refractivity contribution in [3.8, 4) is 11.2 Å². The van der Waals surface area contributed by atoms with Gasteiger partial charge in [-0.15, -0.1) is 0 Å². The Hall–Kier alpha value is 1.09. The maximum atomic E-state index is 5.13. The van der Waals surface area contributed by atoms with Gasteiger partial charge in [-0.25, -0.2) is 0 Å². The third-order valence-electron chi connectivity index (χ3n) is 0.500. The molecule has 0 unspecified atom stereocenters. The fourth-order valence-corrected chi connectivity index (χ4v) is 0. The zero-order chi connectivity index (χ0) is 5.21. The molecule has 0 aliphatic heterocycles. The number of hydrogen-bond donors (Lipinski definition) is 0. The summed E-state index contributed by atoms with van der Waals surface area (Å²) in [4.78, 5) is 2.77. The summed E-state index contributed by atoms with van der Waals surface area (Å²) in [7, 11) is 0. The Morgan fingerprint density at radius 3 is 1.43 bits per heavy atom. The second-order valence-corrected chi connectivity index (χ2v) is 8.29. The molecule has 0 amide bonds. The maximum Gasteiger partial charge on any atom is 1.00 e. The van der Waals surface area contributed by atoms with Crippen LogP contribution in [0.4, 0.5) is 0 Å². The van der Waals surface area contributed by atoms with Crippen molar-refractivity contribution in [2.45, 2.75) is 17.4 Å². The van der Waals surface area contributed by atoms with E-state index < -0.39 is 13.1 Å². The molecular weight excluding hydrogens is 110 g/mol. The Balaban J connectivity index is 0. The first-order chi connectivity index (χ1) is 2.56.